The maximum Gasteiger partial charge on any atom is 0.353 e. The summed E-state index contributed by atoms with van der Waals surface area (Å²) in [6.07, 6.45) is -0.328. The number of nitrogens with zero attached hydrogens (tertiary/aromatic N) is 1. The van der Waals surface area contributed by atoms with E-state index in [4.69, 9.17) is 9.94 Å². The molecular formula is C10H8FNO3. The lowest BCUT2D eigenvalue weighted by Gasteiger charge is -2.07. The van der Waals surface area contributed by atoms with E-state index in [2.05, 4.69) is 5.16 Å². The van der Waals surface area contributed by atoms with Crippen molar-refractivity contribution in [2.24, 2.45) is 5.16 Å². The summed E-state index contributed by atoms with van der Waals surface area (Å²) >= 11 is 0. The zero-order valence-electron chi connectivity index (χ0n) is 7.68. The minimum absolute atomic E-state index is 0.0377. The first-order valence-electron chi connectivity index (χ1n) is 4.38. The lowest BCUT2D eigenvalue weighted by molar-refractivity contribution is -0.129. The van der Waals surface area contributed by atoms with E-state index >= 15 is 0 Å². The number of halogens is 1. The third-order valence-electron chi connectivity index (χ3n) is 2.14. The van der Waals surface area contributed by atoms with Gasteiger partial charge in [-0.15, -0.1) is 0 Å². The monoisotopic (exact) mass is 209 g/mol. The number of hydrogen-bond donors (Lipinski definition) is 1. The van der Waals surface area contributed by atoms with Crippen molar-refractivity contribution in [2.45, 2.75) is 12.5 Å². The number of carboxylic acid groups (broad SMARTS) is 1. The molecule has 1 N–H and O–H groups in total. The fourth-order valence-electron chi connectivity index (χ4n) is 1.39. The molecule has 15 heavy (non-hydrogen) atoms. The van der Waals surface area contributed by atoms with E-state index in [-0.39, 0.29) is 17.9 Å². The SMILES string of the molecule is O=C(O)C1=NO[C@@H](c2cccc(F)c2)C1. The molecule has 0 saturated heterocycles. The first kappa shape index (κ1) is 9.64. The Bertz CT molecular complexity index is 430. The molecule has 0 saturated carbocycles. The van der Waals surface area contributed by atoms with E-state index in [0.29, 0.717) is 5.56 Å². The molecule has 4 nitrogen and oxygen atoms in total. The summed E-state index contributed by atoms with van der Waals surface area (Å²) in [6, 6.07) is 5.85. The van der Waals surface area contributed by atoms with Crippen LogP contribution in [0.2, 0.25) is 0 Å². The number of oxime groups is 1. The Morgan fingerprint density at radius 1 is 1.60 bits per heavy atom. The smallest absolute Gasteiger partial charge is 0.353 e. The highest BCUT2D eigenvalue weighted by Crippen LogP contribution is 2.27. The Hall–Kier alpha value is -1.91. The second kappa shape index (κ2) is 3.68. The van der Waals surface area contributed by atoms with Crippen LogP contribution in [0.25, 0.3) is 0 Å². The highest BCUT2D eigenvalue weighted by molar-refractivity contribution is 6.35. The number of benzene rings is 1. The van der Waals surface area contributed by atoms with Gasteiger partial charge in [-0.25, -0.2) is 9.18 Å². The van der Waals surface area contributed by atoms with Crippen molar-refractivity contribution >= 4 is 11.7 Å². The van der Waals surface area contributed by atoms with Crippen LogP contribution in [0.3, 0.4) is 0 Å². The molecule has 78 valence electrons. The Morgan fingerprint density at radius 2 is 2.40 bits per heavy atom. The van der Waals surface area contributed by atoms with Crippen molar-refractivity contribution in [1.29, 1.82) is 0 Å². The zero-order valence-corrected chi connectivity index (χ0v) is 7.68. The molecule has 0 unspecified atom stereocenters. The van der Waals surface area contributed by atoms with E-state index in [9.17, 15) is 9.18 Å². The molecule has 5 heteroatoms. The number of carboxylic acids is 1. The van der Waals surface area contributed by atoms with Crippen molar-refractivity contribution in [2.75, 3.05) is 0 Å². The summed E-state index contributed by atoms with van der Waals surface area (Å²) in [7, 11) is 0. The summed E-state index contributed by atoms with van der Waals surface area (Å²) in [6.45, 7) is 0. The molecule has 2 rings (SSSR count). The molecule has 1 heterocycles. The van der Waals surface area contributed by atoms with Gasteiger partial charge in [-0.2, -0.15) is 0 Å². The van der Waals surface area contributed by atoms with Gasteiger partial charge in [-0.3, -0.25) is 0 Å². The van der Waals surface area contributed by atoms with Gasteiger partial charge < -0.3 is 9.94 Å². The minimum atomic E-state index is -1.10. The maximum absolute atomic E-state index is 12.9. The molecule has 0 aliphatic carbocycles. The van der Waals surface area contributed by atoms with Crippen LogP contribution in [-0.2, 0) is 9.63 Å². The molecule has 0 aromatic heterocycles. The molecule has 1 aromatic rings. The van der Waals surface area contributed by atoms with Gasteiger partial charge in [0.25, 0.3) is 0 Å². The number of aliphatic carboxylic acids is 1. The van der Waals surface area contributed by atoms with Crippen LogP contribution in [0.4, 0.5) is 4.39 Å². The van der Waals surface area contributed by atoms with Crippen molar-refractivity contribution in [1.82, 2.24) is 0 Å². The van der Waals surface area contributed by atoms with Crippen LogP contribution >= 0.6 is 0 Å². The fraction of sp³-hybridized carbons (Fsp3) is 0.200. The lowest BCUT2D eigenvalue weighted by Crippen LogP contribution is -2.11. The van der Waals surface area contributed by atoms with Crippen molar-refractivity contribution in [3.8, 4) is 0 Å². The van der Waals surface area contributed by atoms with Gasteiger partial charge in [0.05, 0.1) is 0 Å². The largest absolute Gasteiger partial charge is 0.477 e. The van der Waals surface area contributed by atoms with Crippen LogP contribution in [0.15, 0.2) is 29.4 Å². The van der Waals surface area contributed by atoms with Crippen molar-refractivity contribution < 1.29 is 19.1 Å². The Balaban J connectivity index is 2.13. The third-order valence-corrected chi connectivity index (χ3v) is 2.14. The van der Waals surface area contributed by atoms with Gasteiger partial charge in [0, 0.05) is 6.42 Å². The summed E-state index contributed by atoms with van der Waals surface area (Å²) in [5.41, 5.74) is 0.555. The Morgan fingerprint density at radius 3 is 3.00 bits per heavy atom. The van der Waals surface area contributed by atoms with Crippen LogP contribution in [0.5, 0.6) is 0 Å². The molecule has 1 atom stereocenters. The first-order chi connectivity index (χ1) is 7.16. The predicted molar refractivity (Wildman–Crippen MR) is 49.9 cm³/mol. The quantitative estimate of drug-likeness (QED) is 0.806. The van der Waals surface area contributed by atoms with E-state index in [0.717, 1.165) is 0 Å². The van der Waals surface area contributed by atoms with Gasteiger partial charge in [-0.05, 0) is 17.7 Å². The van der Waals surface area contributed by atoms with E-state index < -0.39 is 12.1 Å². The molecule has 1 aliphatic rings. The van der Waals surface area contributed by atoms with Crippen LogP contribution in [0, 0.1) is 5.82 Å². The minimum Gasteiger partial charge on any atom is -0.477 e. The van der Waals surface area contributed by atoms with Gasteiger partial charge in [0.2, 0.25) is 0 Å². The Labute approximate surface area is 85.0 Å². The predicted octanol–water partition coefficient (Wildman–Crippen LogP) is 1.73. The van der Waals surface area contributed by atoms with E-state index in [1.807, 2.05) is 0 Å². The van der Waals surface area contributed by atoms with E-state index in [1.54, 1.807) is 12.1 Å². The second-order valence-corrected chi connectivity index (χ2v) is 3.20. The topological polar surface area (TPSA) is 58.9 Å². The number of carbonyl (C=O) groups is 1. The molecule has 0 bridgehead atoms. The average molecular weight is 209 g/mol. The van der Waals surface area contributed by atoms with Gasteiger partial charge >= 0.3 is 5.97 Å². The van der Waals surface area contributed by atoms with Crippen LogP contribution in [-0.4, -0.2) is 16.8 Å². The van der Waals surface area contributed by atoms with Crippen molar-refractivity contribution in [3.63, 3.8) is 0 Å². The van der Waals surface area contributed by atoms with E-state index in [1.165, 1.54) is 12.1 Å². The molecule has 0 fully saturated rings. The average Bonchev–Trinajstić information content (AvgIpc) is 2.66. The second-order valence-electron chi connectivity index (χ2n) is 3.20. The Kier molecular flexibility index (Phi) is 2.37. The highest BCUT2D eigenvalue weighted by atomic mass is 19.1. The summed E-state index contributed by atoms with van der Waals surface area (Å²) in [5, 5.41) is 12.1. The number of rotatable bonds is 2. The van der Waals surface area contributed by atoms with Gasteiger partial charge in [0.15, 0.2) is 11.8 Å². The molecule has 0 radical (unpaired) electrons. The highest BCUT2D eigenvalue weighted by Gasteiger charge is 2.27. The summed E-state index contributed by atoms with van der Waals surface area (Å²) in [5.74, 6) is -1.48. The first-order valence-corrected chi connectivity index (χ1v) is 4.38. The normalized spacial score (nSPS) is 19.5. The standard InChI is InChI=1S/C10H8FNO3/c11-7-3-1-2-6(4-7)9-5-8(10(13)14)12-15-9/h1-4,9H,5H2,(H,13,14)/t9-/m1/s1. The molecule has 0 amide bonds. The molecule has 1 aromatic carbocycles. The lowest BCUT2D eigenvalue weighted by atomic mass is 10.0. The van der Waals surface area contributed by atoms with Gasteiger partial charge in [-0.1, -0.05) is 17.3 Å². The summed E-state index contributed by atoms with van der Waals surface area (Å²) < 4.78 is 12.9. The fourth-order valence-corrected chi connectivity index (χ4v) is 1.39. The third kappa shape index (κ3) is 1.96. The molecule has 0 spiro atoms. The molecular weight excluding hydrogens is 201 g/mol. The van der Waals surface area contributed by atoms with Gasteiger partial charge in [0.1, 0.15) is 5.82 Å². The number of hydrogen-bond acceptors (Lipinski definition) is 3. The van der Waals surface area contributed by atoms with Crippen LogP contribution in [0.1, 0.15) is 18.1 Å². The zero-order chi connectivity index (χ0) is 10.8. The molecule has 1 aliphatic heterocycles. The van der Waals surface area contributed by atoms with Crippen molar-refractivity contribution in [3.05, 3.63) is 35.6 Å². The summed E-state index contributed by atoms with van der Waals surface area (Å²) in [4.78, 5) is 15.5. The maximum atomic E-state index is 12.9. The van der Waals surface area contributed by atoms with Crippen LogP contribution < -0.4 is 0 Å².